The van der Waals surface area contributed by atoms with Crippen molar-refractivity contribution in [1.82, 2.24) is 35.1 Å². The van der Waals surface area contributed by atoms with Crippen LogP contribution >= 0.6 is 23.5 Å². The van der Waals surface area contributed by atoms with Crippen LogP contribution in [0.1, 0.15) is 17.7 Å². The smallest absolute Gasteiger partial charge is 0.352 e. The molecule has 2 saturated heterocycles. The minimum atomic E-state index is -1.31. The molecular weight excluding hydrogens is 687 g/mol. The summed E-state index contributed by atoms with van der Waals surface area (Å²) in [5, 5.41) is 49.5. The van der Waals surface area contributed by atoms with Crippen molar-refractivity contribution in [1.29, 1.82) is 0 Å². The molecule has 2 fully saturated rings. The lowest BCUT2D eigenvalue weighted by molar-refractivity contribution is -0.150. The predicted molar refractivity (Wildman–Crippen MR) is 181 cm³/mol. The third kappa shape index (κ3) is 6.09. The van der Waals surface area contributed by atoms with Crippen molar-refractivity contribution in [3.63, 3.8) is 0 Å². The van der Waals surface area contributed by atoms with Crippen LogP contribution in [-0.2, 0) is 25.6 Å². The number of phenols is 3. The molecule has 256 valence electrons. The number of carbonyl (C=O) groups excluding carboxylic acids is 3. The average molecular weight is 716 g/mol. The van der Waals surface area contributed by atoms with Crippen molar-refractivity contribution in [2.45, 2.75) is 36.2 Å². The minimum absolute atomic E-state index is 0.0740. The van der Waals surface area contributed by atoms with Crippen molar-refractivity contribution in [3.05, 3.63) is 82.2 Å². The Balaban J connectivity index is 1.08. The molecule has 2 aromatic carbocycles. The van der Waals surface area contributed by atoms with E-state index in [1.54, 1.807) is 31.2 Å². The molecule has 0 radical (unpaired) electrons. The highest BCUT2D eigenvalue weighted by Crippen LogP contribution is 2.44. The number of aliphatic carboxylic acids is 1. The Morgan fingerprint density at radius 2 is 1.84 bits per heavy atom. The number of rotatable bonds is 9. The molecule has 4 aromatic rings. The number of aryl methyl sites for hydroxylation is 1. The number of benzene rings is 2. The molecule has 50 heavy (non-hydrogen) atoms. The Morgan fingerprint density at radius 3 is 2.54 bits per heavy atom. The zero-order valence-corrected chi connectivity index (χ0v) is 27.9. The number of nitrogens with zero attached hydrogens (tertiary/aromatic N) is 5. The summed E-state index contributed by atoms with van der Waals surface area (Å²) < 4.78 is 1.46. The third-order valence-corrected chi connectivity index (χ3v) is 10.7. The summed E-state index contributed by atoms with van der Waals surface area (Å²) in [6.07, 6.45) is 0.632. The molecule has 2 atom stereocenters. The average Bonchev–Trinajstić information content (AvgIpc) is 3.72. The molecule has 0 bridgehead atoms. The number of hydrogen-bond acceptors (Lipinski definition) is 12. The van der Waals surface area contributed by atoms with Crippen LogP contribution in [0.25, 0.3) is 17.2 Å². The Bertz CT molecular complexity index is 2160. The second-order valence-electron chi connectivity index (χ2n) is 11.8. The highest BCUT2D eigenvalue weighted by atomic mass is 32.2. The highest BCUT2D eigenvalue weighted by molar-refractivity contribution is 8.00. The van der Waals surface area contributed by atoms with E-state index in [2.05, 4.69) is 25.7 Å². The number of amides is 3. The molecule has 15 nitrogen and oxygen atoms in total. The second kappa shape index (κ2) is 13.1. The first kappa shape index (κ1) is 33.0. The Kier molecular flexibility index (Phi) is 8.61. The van der Waals surface area contributed by atoms with E-state index in [9.17, 15) is 39.6 Å². The van der Waals surface area contributed by atoms with Crippen molar-refractivity contribution in [2.75, 3.05) is 18.1 Å². The van der Waals surface area contributed by atoms with Gasteiger partial charge in [0.2, 0.25) is 11.8 Å². The molecule has 7 rings (SSSR count). The van der Waals surface area contributed by atoms with Crippen LogP contribution in [0.2, 0.25) is 0 Å². The van der Waals surface area contributed by atoms with Gasteiger partial charge in [-0.05, 0) is 72.9 Å². The van der Waals surface area contributed by atoms with Crippen LogP contribution in [0.15, 0.2) is 76.0 Å². The van der Waals surface area contributed by atoms with Gasteiger partial charge in [0, 0.05) is 29.1 Å². The number of carboxylic acids is 1. The van der Waals surface area contributed by atoms with Crippen molar-refractivity contribution in [3.8, 4) is 28.6 Å². The summed E-state index contributed by atoms with van der Waals surface area (Å²) >= 11 is 2.45. The van der Waals surface area contributed by atoms with E-state index in [4.69, 9.17) is 0 Å². The molecule has 6 N–H and O–H groups in total. The van der Waals surface area contributed by atoms with E-state index in [1.807, 2.05) is 0 Å². The Hall–Kier alpha value is -5.55. The third-order valence-electron chi connectivity index (χ3n) is 8.46. The van der Waals surface area contributed by atoms with Gasteiger partial charge in [-0.3, -0.25) is 19.3 Å². The second-order valence-corrected chi connectivity index (χ2v) is 13.9. The van der Waals surface area contributed by atoms with E-state index in [0.29, 0.717) is 46.0 Å². The first-order chi connectivity index (χ1) is 24.0. The van der Waals surface area contributed by atoms with E-state index in [-0.39, 0.29) is 58.4 Å². The van der Waals surface area contributed by atoms with Gasteiger partial charge < -0.3 is 31.1 Å². The number of thioether (sulfide) groups is 2. The molecule has 0 spiro atoms. The van der Waals surface area contributed by atoms with E-state index < -0.39 is 29.2 Å². The number of β-lactam (4-membered cyclic amide) rings is 1. The summed E-state index contributed by atoms with van der Waals surface area (Å²) in [5.41, 5.74) is 2.98. The number of carboxylic acid groups (broad SMARTS) is 1. The van der Waals surface area contributed by atoms with Gasteiger partial charge in [0.05, 0.1) is 5.75 Å². The number of allylic oxidation sites excluding steroid dienone is 1. The first-order valence-electron chi connectivity index (χ1n) is 15.4. The van der Waals surface area contributed by atoms with E-state index in [0.717, 1.165) is 17.3 Å². The van der Waals surface area contributed by atoms with Crippen LogP contribution in [0.5, 0.6) is 17.2 Å². The molecule has 2 aromatic heterocycles. The molecule has 17 heteroatoms. The lowest BCUT2D eigenvalue weighted by atomic mass is 9.90. The molecule has 5 heterocycles. The largest absolute Gasteiger partial charge is 0.508 e. The summed E-state index contributed by atoms with van der Waals surface area (Å²) in [6, 6.07) is 11.4. The topological polar surface area (TPSA) is 220 Å². The quantitative estimate of drug-likeness (QED) is 0.0482. The zero-order valence-electron chi connectivity index (χ0n) is 26.3. The van der Waals surface area contributed by atoms with E-state index >= 15 is 0 Å². The molecular formula is C33H29N7O8S2. The van der Waals surface area contributed by atoms with Crippen LogP contribution in [-0.4, -0.2) is 98.1 Å². The molecule has 0 unspecified atom stereocenters. The lowest BCUT2D eigenvalue weighted by Gasteiger charge is -2.49. The van der Waals surface area contributed by atoms with Gasteiger partial charge in [0.1, 0.15) is 27.9 Å². The van der Waals surface area contributed by atoms with Gasteiger partial charge in [0.25, 0.3) is 11.7 Å². The number of hydrogen-bond donors (Lipinski definition) is 6. The summed E-state index contributed by atoms with van der Waals surface area (Å²) in [5.74, 6) is -2.55. The van der Waals surface area contributed by atoms with E-state index in [1.165, 1.54) is 45.4 Å². The fourth-order valence-electron chi connectivity index (χ4n) is 6.07. The van der Waals surface area contributed by atoms with Crippen LogP contribution in [0.3, 0.4) is 0 Å². The molecule has 0 saturated carbocycles. The van der Waals surface area contributed by atoms with Crippen LogP contribution in [0, 0.1) is 6.92 Å². The van der Waals surface area contributed by atoms with Gasteiger partial charge >= 0.3 is 5.97 Å². The number of fused-ring (bicyclic) bond motifs is 2. The predicted octanol–water partition coefficient (Wildman–Crippen LogP) is 2.11. The van der Waals surface area contributed by atoms with Gasteiger partial charge in [-0.1, -0.05) is 23.9 Å². The number of phenolic OH excluding ortho intramolecular Hbond substituents is 3. The van der Waals surface area contributed by atoms with Crippen molar-refractivity contribution >= 4 is 53.0 Å². The molecule has 0 aliphatic carbocycles. The molecule has 3 aliphatic rings. The summed E-state index contributed by atoms with van der Waals surface area (Å²) in [7, 11) is 0. The number of aromatic hydroxyl groups is 3. The number of nitrogens with one attached hydrogen (secondary N) is 2. The van der Waals surface area contributed by atoms with Crippen LogP contribution in [0.4, 0.5) is 0 Å². The maximum atomic E-state index is 13.5. The maximum Gasteiger partial charge on any atom is 0.352 e. The lowest BCUT2D eigenvalue weighted by Crippen LogP contribution is -2.70. The SMILES string of the molecule is Cc1cc(SCC(=O)N[C@@H]2C(=O)N3C(C(=O)O)=C(C(Cc4ccc(O)cc4)=C4CCNC4=O)CS[C@H]23)n2nc(-c3ccc(O)c(O)c3)nc2n1. The van der Waals surface area contributed by atoms with Crippen LogP contribution < -0.4 is 10.6 Å². The van der Waals surface area contributed by atoms with Gasteiger partial charge in [-0.2, -0.15) is 9.50 Å². The highest BCUT2D eigenvalue weighted by Gasteiger charge is 2.54. The fraction of sp³-hybridized carbons (Fsp3) is 0.242. The minimum Gasteiger partial charge on any atom is -0.508 e. The number of aromatic nitrogens is 4. The van der Waals surface area contributed by atoms with Gasteiger partial charge in [0.15, 0.2) is 17.3 Å². The monoisotopic (exact) mass is 715 g/mol. The zero-order chi connectivity index (χ0) is 35.3. The van der Waals surface area contributed by atoms with Crippen molar-refractivity contribution < 1.29 is 39.6 Å². The normalized spacial score (nSPS) is 19.7. The Labute approximate surface area is 292 Å². The first-order valence-corrected chi connectivity index (χ1v) is 17.4. The molecule has 3 amide bonds. The van der Waals surface area contributed by atoms with Gasteiger partial charge in [-0.15, -0.1) is 16.9 Å². The van der Waals surface area contributed by atoms with Gasteiger partial charge in [-0.25, -0.2) is 9.78 Å². The summed E-state index contributed by atoms with van der Waals surface area (Å²) in [4.78, 5) is 62.1. The maximum absolute atomic E-state index is 13.5. The summed E-state index contributed by atoms with van der Waals surface area (Å²) in [6.45, 7) is 2.18. The van der Waals surface area contributed by atoms with Crippen molar-refractivity contribution in [2.24, 2.45) is 0 Å². The number of carbonyl (C=O) groups is 4. The standard InChI is InChI=1S/C33H29N7O8S2/c1-15-10-25(40-33(35-15)37-28(38-40)17-4-7-22(42)23(43)12-17)49-14-24(44)36-26-30(46)39-27(32(47)48)21(13-50-31(26)39)20(19-8-9-34-29(19)45)11-16-2-5-18(41)6-3-16/h2-7,10,12,26,31,41-43H,8-9,11,13-14H2,1H3,(H,34,45)(H,36,44)(H,47,48)/t26-,31-/m1/s1. The fourth-order valence-corrected chi connectivity index (χ4v) is 8.31. The Morgan fingerprint density at radius 1 is 1.06 bits per heavy atom. The molecule has 3 aliphatic heterocycles.